The smallest absolute Gasteiger partial charge is 0.318 e. The third-order valence-electron chi connectivity index (χ3n) is 2.87. The molecule has 2 rings (SSSR count). The zero-order valence-corrected chi connectivity index (χ0v) is 11.1. The zero-order valence-electron chi connectivity index (χ0n) is 9.53. The van der Waals surface area contributed by atoms with E-state index >= 15 is 0 Å². The Labute approximate surface area is 109 Å². The van der Waals surface area contributed by atoms with Gasteiger partial charge in [0.1, 0.15) is 0 Å². The van der Waals surface area contributed by atoms with Crippen molar-refractivity contribution in [1.29, 1.82) is 0 Å². The van der Waals surface area contributed by atoms with Crippen molar-refractivity contribution in [2.24, 2.45) is 5.73 Å². The Morgan fingerprint density at radius 2 is 2.35 bits per heavy atom. The van der Waals surface area contributed by atoms with Crippen LogP contribution in [0, 0.1) is 0 Å². The van der Waals surface area contributed by atoms with Gasteiger partial charge in [-0.1, -0.05) is 28.1 Å². The maximum absolute atomic E-state index is 11.7. The van der Waals surface area contributed by atoms with Crippen molar-refractivity contribution >= 4 is 22.0 Å². The molecule has 0 radical (unpaired) electrons. The predicted octanol–water partition coefficient (Wildman–Crippen LogP) is 1.86. The minimum absolute atomic E-state index is 0.00317. The Bertz CT molecular complexity index is 410. The number of carbonyl (C=O) groups is 1. The van der Waals surface area contributed by atoms with Crippen LogP contribution in [-0.4, -0.2) is 30.6 Å². The molecule has 1 unspecified atom stereocenters. The first-order valence-corrected chi connectivity index (χ1v) is 6.51. The standard InChI is InChI=1S/C12H16BrN3O/c13-10-4-1-3-9(7-10)11-8-16(6-2-5-14)12(17)15-11/h1,3-4,7,11H,2,5-6,8,14H2,(H,15,17). The fourth-order valence-corrected chi connectivity index (χ4v) is 2.39. The third-order valence-corrected chi connectivity index (χ3v) is 3.36. The van der Waals surface area contributed by atoms with Gasteiger partial charge in [-0.3, -0.25) is 0 Å². The fourth-order valence-electron chi connectivity index (χ4n) is 1.98. The summed E-state index contributed by atoms with van der Waals surface area (Å²) in [4.78, 5) is 13.5. The van der Waals surface area contributed by atoms with Crippen LogP contribution in [0.25, 0.3) is 0 Å². The minimum Gasteiger partial charge on any atom is -0.330 e. The lowest BCUT2D eigenvalue weighted by atomic mass is 10.1. The van der Waals surface area contributed by atoms with E-state index in [0.717, 1.165) is 29.5 Å². The van der Waals surface area contributed by atoms with Gasteiger partial charge in [-0.2, -0.15) is 0 Å². The summed E-state index contributed by atoms with van der Waals surface area (Å²) < 4.78 is 1.03. The first-order valence-electron chi connectivity index (χ1n) is 5.71. The average Bonchev–Trinajstić information content (AvgIpc) is 2.68. The number of halogens is 1. The van der Waals surface area contributed by atoms with E-state index in [1.807, 2.05) is 29.2 Å². The van der Waals surface area contributed by atoms with Gasteiger partial charge < -0.3 is 16.0 Å². The lowest BCUT2D eigenvalue weighted by molar-refractivity contribution is 0.217. The minimum atomic E-state index is 0.00317. The van der Waals surface area contributed by atoms with Crippen LogP contribution in [0.5, 0.6) is 0 Å². The SMILES string of the molecule is NCCCN1CC(c2cccc(Br)c2)NC1=O. The second-order valence-electron chi connectivity index (χ2n) is 4.15. The van der Waals surface area contributed by atoms with Crippen LogP contribution in [0.15, 0.2) is 28.7 Å². The molecule has 0 bridgehead atoms. The molecule has 1 fully saturated rings. The number of urea groups is 1. The molecule has 5 heteroatoms. The predicted molar refractivity (Wildman–Crippen MR) is 70.7 cm³/mol. The van der Waals surface area contributed by atoms with Crippen molar-refractivity contribution < 1.29 is 4.79 Å². The number of nitrogens with one attached hydrogen (secondary N) is 1. The van der Waals surface area contributed by atoms with Gasteiger partial charge in [-0.05, 0) is 30.7 Å². The zero-order chi connectivity index (χ0) is 12.3. The monoisotopic (exact) mass is 297 g/mol. The van der Waals surface area contributed by atoms with Crippen molar-refractivity contribution in [2.45, 2.75) is 12.5 Å². The van der Waals surface area contributed by atoms with E-state index < -0.39 is 0 Å². The highest BCUT2D eigenvalue weighted by molar-refractivity contribution is 9.10. The molecule has 1 aromatic carbocycles. The lowest BCUT2D eigenvalue weighted by Gasteiger charge is -2.13. The molecule has 17 heavy (non-hydrogen) atoms. The molecule has 1 aliphatic rings. The number of hydrogen-bond acceptors (Lipinski definition) is 2. The number of benzene rings is 1. The molecule has 0 aromatic heterocycles. The van der Waals surface area contributed by atoms with Crippen molar-refractivity contribution in [2.75, 3.05) is 19.6 Å². The van der Waals surface area contributed by atoms with Gasteiger partial charge in [0.2, 0.25) is 0 Å². The first kappa shape index (κ1) is 12.4. The number of nitrogens with zero attached hydrogens (tertiary/aromatic N) is 1. The van der Waals surface area contributed by atoms with Gasteiger partial charge in [0, 0.05) is 17.6 Å². The second kappa shape index (κ2) is 5.51. The van der Waals surface area contributed by atoms with Crippen molar-refractivity contribution in [1.82, 2.24) is 10.2 Å². The summed E-state index contributed by atoms with van der Waals surface area (Å²) in [6.07, 6.45) is 0.846. The van der Waals surface area contributed by atoms with E-state index in [1.165, 1.54) is 0 Å². The van der Waals surface area contributed by atoms with Crippen molar-refractivity contribution in [3.63, 3.8) is 0 Å². The van der Waals surface area contributed by atoms with Crippen LogP contribution in [0.2, 0.25) is 0 Å². The van der Waals surface area contributed by atoms with Gasteiger partial charge in [0.05, 0.1) is 6.04 Å². The number of nitrogens with two attached hydrogens (primary N) is 1. The molecule has 4 nitrogen and oxygen atoms in total. The Morgan fingerprint density at radius 1 is 1.53 bits per heavy atom. The van der Waals surface area contributed by atoms with Crippen LogP contribution >= 0.6 is 15.9 Å². The number of carbonyl (C=O) groups excluding carboxylic acids is 1. The Morgan fingerprint density at radius 3 is 3.06 bits per heavy atom. The fraction of sp³-hybridized carbons (Fsp3) is 0.417. The van der Waals surface area contributed by atoms with Crippen molar-refractivity contribution in [3.8, 4) is 0 Å². The summed E-state index contributed by atoms with van der Waals surface area (Å²) >= 11 is 3.44. The quantitative estimate of drug-likeness (QED) is 0.891. The van der Waals surface area contributed by atoms with Crippen LogP contribution in [0.3, 0.4) is 0 Å². The van der Waals surface area contributed by atoms with Gasteiger partial charge in [0.15, 0.2) is 0 Å². The summed E-state index contributed by atoms with van der Waals surface area (Å²) in [5, 5.41) is 2.98. The van der Waals surface area contributed by atoms with E-state index in [4.69, 9.17) is 5.73 Å². The first-order chi connectivity index (χ1) is 8.20. The van der Waals surface area contributed by atoms with E-state index in [1.54, 1.807) is 0 Å². The van der Waals surface area contributed by atoms with Crippen LogP contribution in [0.1, 0.15) is 18.0 Å². The molecule has 1 saturated heterocycles. The van der Waals surface area contributed by atoms with E-state index in [9.17, 15) is 4.79 Å². The molecule has 0 spiro atoms. The average molecular weight is 298 g/mol. The normalized spacial score (nSPS) is 19.5. The molecule has 0 aliphatic carbocycles. The van der Waals surface area contributed by atoms with Crippen LogP contribution in [-0.2, 0) is 0 Å². The van der Waals surface area contributed by atoms with Crippen LogP contribution in [0.4, 0.5) is 4.79 Å². The van der Waals surface area contributed by atoms with Gasteiger partial charge in [-0.25, -0.2) is 4.79 Å². The summed E-state index contributed by atoms with van der Waals surface area (Å²) in [7, 11) is 0. The summed E-state index contributed by atoms with van der Waals surface area (Å²) in [5.41, 5.74) is 6.58. The summed E-state index contributed by atoms with van der Waals surface area (Å²) in [6, 6.07) is 8.11. The van der Waals surface area contributed by atoms with Gasteiger partial charge >= 0.3 is 6.03 Å². The molecule has 3 N–H and O–H groups in total. The van der Waals surface area contributed by atoms with Crippen molar-refractivity contribution in [3.05, 3.63) is 34.3 Å². The molecule has 2 amide bonds. The Kier molecular flexibility index (Phi) is 4.02. The van der Waals surface area contributed by atoms with E-state index in [-0.39, 0.29) is 12.1 Å². The highest BCUT2D eigenvalue weighted by Gasteiger charge is 2.28. The van der Waals surface area contributed by atoms with Crippen LogP contribution < -0.4 is 11.1 Å². The molecule has 1 aliphatic heterocycles. The maximum Gasteiger partial charge on any atom is 0.318 e. The molecule has 1 aromatic rings. The Hall–Kier alpha value is -1.07. The molecule has 92 valence electrons. The third kappa shape index (κ3) is 2.98. The highest BCUT2D eigenvalue weighted by Crippen LogP contribution is 2.23. The van der Waals surface area contributed by atoms with E-state index in [2.05, 4.69) is 21.2 Å². The molecular formula is C12H16BrN3O. The molecule has 1 atom stereocenters. The number of rotatable bonds is 4. The van der Waals surface area contributed by atoms with Gasteiger partial charge in [0.25, 0.3) is 0 Å². The molecule has 1 heterocycles. The summed E-state index contributed by atoms with van der Waals surface area (Å²) in [6.45, 7) is 2.06. The number of amides is 2. The second-order valence-corrected chi connectivity index (χ2v) is 5.06. The van der Waals surface area contributed by atoms with E-state index in [0.29, 0.717) is 6.54 Å². The lowest BCUT2D eigenvalue weighted by Crippen LogP contribution is -2.30. The topological polar surface area (TPSA) is 58.4 Å². The molecule has 0 saturated carbocycles. The largest absolute Gasteiger partial charge is 0.330 e. The molecular weight excluding hydrogens is 282 g/mol. The Balaban J connectivity index is 2.03. The maximum atomic E-state index is 11.7. The summed E-state index contributed by atoms with van der Waals surface area (Å²) in [5.74, 6) is 0. The van der Waals surface area contributed by atoms with Gasteiger partial charge in [-0.15, -0.1) is 0 Å². The number of hydrogen-bond donors (Lipinski definition) is 2. The highest BCUT2D eigenvalue weighted by atomic mass is 79.9.